The third-order valence-corrected chi connectivity index (χ3v) is 4.65. The number of amides is 2. The summed E-state index contributed by atoms with van der Waals surface area (Å²) < 4.78 is 10.8. The molecule has 1 aromatic carbocycles. The first-order chi connectivity index (χ1) is 12.7. The number of urea groups is 1. The average Bonchev–Trinajstić information content (AvgIpc) is 3.16. The zero-order valence-electron chi connectivity index (χ0n) is 15.5. The molecule has 6 nitrogen and oxygen atoms in total. The number of hydrogen-bond donors (Lipinski definition) is 1. The van der Waals surface area contributed by atoms with E-state index in [0.717, 1.165) is 49.8 Å². The molecule has 1 atom stereocenters. The van der Waals surface area contributed by atoms with Crippen molar-refractivity contribution in [1.29, 1.82) is 0 Å². The first-order valence-electron chi connectivity index (χ1n) is 9.18. The predicted octanol–water partition coefficient (Wildman–Crippen LogP) is 3.27. The number of hydrogen-bond acceptors (Lipinski definition) is 4. The maximum atomic E-state index is 12.5. The maximum absolute atomic E-state index is 12.5. The lowest BCUT2D eigenvalue weighted by molar-refractivity contribution is 0.128. The highest BCUT2D eigenvalue weighted by molar-refractivity contribution is 5.74. The number of nitrogens with zero attached hydrogens (tertiary/aromatic N) is 2. The van der Waals surface area contributed by atoms with Gasteiger partial charge in [-0.05, 0) is 43.7 Å². The van der Waals surface area contributed by atoms with Crippen LogP contribution in [0.25, 0.3) is 0 Å². The lowest BCUT2D eigenvalue weighted by atomic mass is 10.1. The molecule has 6 heteroatoms. The molecule has 140 valence electrons. The van der Waals surface area contributed by atoms with E-state index in [1.807, 2.05) is 55.1 Å². The first kappa shape index (κ1) is 18.3. The van der Waals surface area contributed by atoms with Gasteiger partial charge < -0.3 is 19.4 Å². The van der Waals surface area contributed by atoms with Gasteiger partial charge in [0.1, 0.15) is 11.5 Å². The summed E-state index contributed by atoms with van der Waals surface area (Å²) in [6, 6.07) is 11.7. The summed E-state index contributed by atoms with van der Waals surface area (Å²) >= 11 is 0. The van der Waals surface area contributed by atoms with Gasteiger partial charge in [-0.15, -0.1) is 0 Å². The van der Waals surface area contributed by atoms with Gasteiger partial charge in [-0.3, -0.25) is 4.90 Å². The highest BCUT2D eigenvalue weighted by Gasteiger charge is 2.22. The lowest BCUT2D eigenvalue weighted by Crippen LogP contribution is -2.51. The van der Waals surface area contributed by atoms with Crippen LogP contribution in [-0.4, -0.2) is 48.6 Å². The van der Waals surface area contributed by atoms with E-state index in [9.17, 15) is 4.79 Å². The van der Waals surface area contributed by atoms with Gasteiger partial charge in [0.25, 0.3) is 0 Å². The fourth-order valence-corrected chi connectivity index (χ4v) is 3.11. The molecule has 1 N–H and O–H groups in total. The second kappa shape index (κ2) is 8.76. The smallest absolute Gasteiger partial charge is 0.317 e. The molecule has 2 aromatic rings. The standard InChI is InChI=1S/C20H27N3O3/c1-3-25-18-8-6-17(7-9-18)16(2)21-20(24)23-12-10-22(11-13-23)15-19-5-4-14-26-19/h4-9,14,16H,3,10-13,15H2,1-2H3,(H,21,24)/t16-/m0/s1. The van der Waals surface area contributed by atoms with E-state index in [2.05, 4.69) is 10.2 Å². The van der Waals surface area contributed by atoms with Gasteiger partial charge in [0.15, 0.2) is 0 Å². The van der Waals surface area contributed by atoms with Crippen molar-refractivity contribution in [2.45, 2.75) is 26.4 Å². The fraction of sp³-hybridized carbons (Fsp3) is 0.450. The number of ether oxygens (including phenoxy) is 1. The number of nitrogens with one attached hydrogen (secondary N) is 1. The Kier molecular flexibility index (Phi) is 6.17. The molecule has 1 fully saturated rings. The van der Waals surface area contributed by atoms with Gasteiger partial charge in [0.05, 0.1) is 25.5 Å². The van der Waals surface area contributed by atoms with Crippen molar-refractivity contribution in [1.82, 2.24) is 15.1 Å². The van der Waals surface area contributed by atoms with E-state index < -0.39 is 0 Å². The van der Waals surface area contributed by atoms with Crippen LogP contribution in [0.5, 0.6) is 5.75 Å². The molecule has 1 saturated heterocycles. The van der Waals surface area contributed by atoms with E-state index in [1.165, 1.54) is 0 Å². The molecule has 2 heterocycles. The van der Waals surface area contributed by atoms with Crippen LogP contribution < -0.4 is 10.1 Å². The number of carbonyl (C=O) groups excluding carboxylic acids is 1. The normalized spacial score (nSPS) is 16.3. The quantitative estimate of drug-likeness (QED) is 0.862. The molecule has 0 radical (unpaired) electrons. The summed E-state index contributed by atoms with van der Waals surface area (Å²) in [5, 5.41) is 3.09. The van der Waals surface area contributed by atoms with Gasteiger partial charge in [-0.2, -0.15) is 0 Å². The molecule has 0 saturated carbocycles. The van der Waals surface area contributed by atoms with Crippen molar-refractivity contribution in [2.24, 2.45) is 0 Å². The molecule has 2 amide bonds. The van der Waals surface area contributed by atoms with Crippen LogP contribution in [0.4, 0.5) is 4.79 Å². The van der Waals surface area contributed by atoms with Crippen LogP contribution in [-0.2, 0) is 6.54 Å². The molecule has 0 spiro atoms. The molecular weight excluding hydrogens is 330 g/mol. The minimum absolute atomic E-state index is 0.0102. The van der Waals surface area contributed by atoms with E-state index in [0.29, 0.717) is 6.61 Å². The predicted molar refractivity (Wildman–Crippen MR) is 100 cm³/mol. The fourth-order valence-electron chi connectivity index (χ4n) is 3.11. The Hall–Kier alpha value is -2.47. The number of carbonyl (C=O) groups is 1. The van der Waals surface area contributed by atoms with Crippen molar-refractivity contribution in [3.8, 4) is 5.75 Å². The average molecular weight is 357 g/mol. The van der Waals surface area contributed by atoms with Gasteiger partial charge in [0.2, 0.25) is 0 Å². The molecular formula is C20H27N3O3. The number of furan rings is 1. The lowest BCUT2D eigenvalue weighted by Gasteiger charge is -2.34. The van der Waals surface area contributed by atoms with Gasteiger partial charge in [-0.1, -0.05) is 12.1 Å². The Morgan fingerprint density at radius 3 is 2.54 bits per heavy atom. The third-order valence-electron chi connectivity index (χ3n) is 4.65. The molecule has 1 aliphatic rings. The van der Waals surface area contributed by atoms with Crippen molar-refractivity contribution in [3.05, 3.63) is 54.0 Å². The van der Waals surface area contributed by atoms with E-state index in [1.54, 1.807) is 6.26 Å². The van der Waals surface area contributed by atoms with Crippen molar-refractivity contribution in [3.63, 3.8) is 0 Å². The molecule has 1 aromatic heterocycles. The third kappa shape index (κ3) is 4.79. The second-order valence-corrected chi connectivity index (χ2v) is 6.52. The maximum Gasteiger partial charge on any atom is 0.317 e. The van der Waals surface area contributed by atoms with Crippen molar-refractivity contribution >= 4 is 6.03 Å². The zero-order valence-corrected chi connectivity index (χ0v) is 15.5. The Labute approximate surface area is 154 Å². The zero-order chi connectivity index (χ0) is 18.4. The summed E-state index contributed by atoms with van der Waals surface area (Å²) in [7, 11) is 0. The number of rotatable bonds is 6. The second-order valence-electron chi connectivity index (χ2n) is 6.52. The molecule has 26 heavy (non-hydrogen) atoms. The number of piperazine rings is 1. The minimum atomic E-state index is -0.0423. The van der Waals surface area contributed by atoms with E-state index in [-0.39, 0.29) is 12.1 Å². The minimum Gasteiger partial charge on any atom is -0.494 e. The summed E-state index contributed by atoms with van der Waals surface area (Å²) in [6.45, 7) is 8.57. The summed E-state index contributed by atoms with van der Waals surface area (Å²) in [4.78, 5) is 16.7. The Morgan fingerprint density at radius 1 is 1.19 bits per heavy atom. The van der Waals surface area contributed by atoms with Gasteiger partial charge in [-0.25, -0.2) is 4.79 Å². The number of benzene rings is 1. The largest absolute Gasteiger partial charge is 0.494 e. The van der Waals surface area contributed by atoms with Crippen LogP contribution >= 0.6 is 0 Å². The van der Waals surface area contributed by atoms with Crippen LogP contribution in [0, 0.1) is 0 Å². The van der Waals surface area contributed by atoms with Gasteiger partial charge in [0, 0.05) is 26.2 Å². The Morgan fingerprint density at radius 2 is 1.92 bits per heavy atom. The molecule has 0 aliphatic carbocycles. The molecule has 3 rings (SSSR count). The Balaban J connectivity index is 1.46. The highest BCUT2D eigenvalue weighted by atomic mass is 16.5. The Bertz CT molecular complexity index is 677. The topological polar surface area (TPSA) is 58.0 Å². The van der Waals surface area contributed by atoms with E-state index >= 15 is 0 Å². The highest BCUT2D eigenvalue weighted by Crippen LogP contribution is 2.18. The first-order valence-corrected chi connectivity index (χ1v) is 9.18. The monoisotopic (exact) mass is 357 g/mol. The van der Waals surface area contributed by atoms with Crippen LogP contribution in [0.3, 0.4) is 0 Å². The van der Waals surface area contributed by atoms with Crippen LogP contribution in [0.2, 0.25) is 0 Å². The van der Waals surface area contributed by atoms with Crippen molar-refractivity contribution in [2.75, 3.05) is 32.8 Å². The summed E-state index contributed by atoms with van der Waals surface area (Å²) in [5.41, 5.74) is 1.07. The SMILES string of the molecule is CCOc1ccc([C@H](C)NC(=O)N2CCN(Cc3ccco3)CC2)cc1. The summed E-state index contributed by atoms with van der Waals surface area (Å²) in [6.07, 6.45) is 1.70. The summed E-state index contributed by atoms with van der Waals surface area (Å²) in [5.74, 6) is 1.81. The van der Waals surface area contributed by atoms with Crippen LogP contribution in [0.15, 0.2) is 47.1 Å². The van der Waals surface area contributed by atoms with E-state index in [4.69, 9.17) is 9.15 Å². The van der Waals surface area contributed by atoms with Crippen LogP contribution in [0.1, 0.15) is 31.2 Å². The molecule has 1 aliphatic heterocycles. The molecule has 0 unspecified atom stereocenters. The van der Waals surface area contributed by atoms with Gasteiger partial charge >= 0.3 is 6.03 Å². The molecule has 0 bridgehead atoms. The van der Waals surface area contributed by atoms with Crippen molar-refractivity contribution < 1.29 is 13.9 Å².